The van der Waals surface area contributed by atoms with E-state index >= 15 is 0 Å². The predicted molar refractivity (Wildman–Crippen MR) is 97.2 cm³/mol. The summed E-state index contributed by atoms with van der Waals surface area (Å²) in [6.45, 7) is 4.56. The van der Waals surface area contributed by atoms with E-state index in [-0.39, 0.29) is 28.8 Å². The Bertz CT molecular complexity index is 595. The van der Waals surface area contributed by atoms with Gasteiger partial charge in [-0.15, -0.1) is 0 Å². The molecule has 0 radical (unpaired) electrons. The van der Waals surface area contributed by atoms with Crippen molar-refractivity contribution in [1.29, 1.82) is 0 Å². The quantitative estimate of drug-likeness (QED) is 0.512. The van der Waals surface area contributed by atoms with Gasteiger partial charge in [-0.05, 0) is 61.7 Å². The maximum Gasteiger partial charge on any atom is 0.0991 e. The third kappa shape index (κ3) is 2.17. The van der Waals surface area contributed by atoms with Crippen LogP contribution in [0.15, 0.2) is 5.16 Å². The molecule has 2 N–H and O–H groups in total. The maximum atomic E-state index is 11.3. The molecule has 26 heavy (non-hydrogen) atoms. The van der Waals surface area contributed by atoms with Gasteiger partial charge in [0, 0.05) is 11.3 Å². The third-order valence-electron chi connectivity index (χ3n) is 9.13. The molecule has 0 aromatic carbocycles. The summed E-state index contributed by atoms with van der Waals surface area (Å²) < 4.78 is 12.2. The van der Waals surface area contributed by atoms with E-state index in [1.807, 2.05) is 0 Å². The SMILES string of the molecule is C[C@]12CCCCC1/C(=N\O)[C@@H](O)[C@H]1[C@@H]3CCC4OCCOC[C@@]43CC[C@@H]12. The molecule has 0 aromatic rings. The first kappa shape index (κ1) is 17.4. The van der Waals surface area contributed by atoms with E-state index < -0.39 is 6.10 Å². The van der Waals surface area contributed by atoms with Crippen LogP contribution in [0, 0.1) is 34.5 Å². The highest BCUT2D eigenvalue weighted by Crippen LogP contribution is 2.66. The molecule has 1 aliphatic heterocycles. The summed E-state index contributed by atoms with van der Waals surface area (Å²) in [5, 5.41) is 24.8. The average Bonchev–Trinajstić information content (AvgIpc) is 2.89. The summed E-state index contributed by atoms with van der Waals surface area (Å²) >= 11 is 0. The Hall–Kier alpha value is -0.650. The lowest BCUT2D eigenvalue weighted by molar-refractivity contribution is -0.143. The van der Waals surface area contributed by atoms with Crippen LogP contribution < -0.4 is 0 Å². The lowest BCUT2D eigenvalue weighted by atomic mass is 9.44. The molecule has 1 spiro atoms. The Labute approximate surface area is 156 Å². The van der Waals surface area contributed by atoms with E-state index in [9.17, 15) is 10.3 Å². The molecule has 146 valence electrons. The molecular formula is C21H33NO4. The number of aliphatic hydroxyl groups excluding tert-OH is 1. The molecule has 5 rings (SSSR count). The Morgan fingerprint density at radius 3 is 2.77 bits per heavy atom. The van der Waals surface area contributed by atoms with Gasteiger partial charge in [-0.2, -0.15) is 0 Å². The molecule has 0 aromatic heterocycles. The highest BCUT2D eigenvalue weighted by Gasteiger charge is 2.65. The Morgan fingerprint density at radius 2 is 1.92 bits per heavy atom. The lowest BCUT2D eigenvalue weighted by Gasteiger charge is -2.61. The van der Waals surface area contributed by atoms with Crippen molar-refractivity contribution in [2.24, 2.45) is 39.7 Å². The highest BCUT2D eigenvalue weighted by molar-refractivity contribution is 5.92. The summed E-state index contributed by atoms with van der Waals surface area (Å²) in [5.74, 6) is 1.36. The molecule has 5 heteroatoms. The molecule has 2 unspecified atom stereocenters. The van der Waals surface area contributed by atoms with E-state index in [4.69, 9.17) is 9.47 Å². The Balaban J connectivity index is 1.56. The first-order valence-electron chi connectivity index (χ1n) is 10.7. The molecule has 5 aliphatic rings. The van der Waals surface area contributed by atoms with Gasteiger partial charge in [0.1, 0.15) is 0 Å². The van der Waals surface area contributed by atoms with Gasteiger partial charge < -0.3 is 19.8 Å². The molecule has 1 heterocycles. The summed E-state index contributed by atoms with van der Waals surface area (Å²) in [7, 11) is 0. The van der Waals surface area contributed by atoms with Gasteiger partial charge in [0.15, 0.2) is 0 Å². The van der Waals surface area contributed by atoms with Gasteiger partial charge in [-0.25, -0.2) is 0 Å². The molecule has 0 amide bonds. The van der Waals surface area contributed by atoms with Gasteiger partial charge in [0.25, 0.3) is 0 Å². The van der Waals surface area contributed by atoms with Crippen LogP contribution in [0.5, 0.6) is 0 Å². The van der Waals surface area contributed by atoms with Crippen molar-refractivity contribution in [2.45, 2.75) is 70.5 Å². The molecule has 5 nitrogen and oxygen atoms in total. The Kier molecular flexibility index (Phi) is 4.15. The van der Waals surface area contributed by atoms with E-state index in [0.29, 0.717) is 30.8 Å². The van der Waals surface area contributed by atoms with Crippen LogP contribution in [0.4, 0.5) is 0 Å². The predicted octanol–water partition coefficient (Wildman–Crippen LogP) is 3.23. The van der Waals surface area contributed by atoms with E-state index in [2.05, 4.69) is 12.1 Å². The second kappa shape index (κ2) is 6.18. The van der Waals surface area contributed by atoms with E-state index in [0.717, 1.165) is 38.7 Å². The van der Waals surface area contributed by atoms with Crippen molar-refractivity contribution >= 4 is 5.71 Å². The van der Waals surface area contributed by atoms with Crippen LogP contribution in [0.2, 0.25) is 0 Å². The van der Waals surface area contributed by atoms with Gasteiger partial charge in [-0.3, -0.25) is 0 Å². The topological polar surface area (TPSA) is 71.3 Å². The van der Waals surface area contributed by atoms with E-state index in [1.54, 1.807) is 0 Å². The van der Waals surface area contributed by atoms with Crippen LogP contribution in [-0.2, 0) is 9.47 Å². The van der Waals surface area contributed by atoms with Crippen molar-refractivity contribution < 1.29 is 19.8 Å². The number of aliphatic hydroxyl groups is 1. The summed E-state index contributed by atoms with van der Waals surface area (Å²) in [4.78, 5) is 0. The standard InChI is InChI=1S/C21H33NO4/c1-20-8-3-2-4-15(20)18(22-24)19(23)17-13(20)7-9-21-12-25-10-11-26-16(21)6-5-14(17)21/h13-17,19,23-24H,2-12H2,1H3/b22-18+/t13-,14-,15?,16?,17+,19-,20+,21+/m0/s1. The number of fused-ring (bicyclic) bond motifs is 4. The highest BCUT2D eigenvalue weighted by atomic mass is 16.5. The summed E-state index contributed by atoms with van der Waals surface area (Å²) in [6, 6.07) is 0. The Morgan fingerprint density at radius 1 is 1.04 bits per heavy atom. The van der Waals surface area contributed by atoms with Crippen molar-refractivity contribution in [3.8, 4) is 0 Å². The van der Waals surface area contributed by atoms with Crippen molar-refractivity contribution in [3.05, 3.63) is 0 Å². The number of ether oxygens (including phenoxy) is 2. The van der Waals surface area contributed by atoms with Gasteiger partial charge in [0.05, 0.1) is 37.7 Å². The monoisotopic (exact) mass is 363 g/mol. The largest absolute Gasteiger partial charge is 0.411 e. The van der Waals surface area contributed by atoms with Crippen LogP contribution in [0.1, 0.15) is 58.3 Å². The lowest BCUT2D eigenvalue weighted by Crippen LogP contribution is -2.63. The first-order valence-corrected chi connectivity index (χ1v) is 10.7. The zero-order valence-corrected chi connectivity index (χ0v) is 15.9. The minimum absolute atomic E-state index is 0.0527. The minimum Gasteiger partial charge on any atom is -0.411 e. The molecular weight excluding hydrogens is 330 g/mol. The minimum atomic E-state index is -0.606. The van der Waals surface area contributed by atoms with E-state index in [1.165, 1.54) is 19.3 Å². The second-order valence-corrected chi connectivity index (χ2v) is 9.83. The van der Waals surface area contributed by atoms with Crippen molar-refractivity contribution in [3.63, 3.8) is 0 Å². The molecule has 1 saturated heterocycles. The first-order chi connectivity index (χ1) is 12.6. The molecule has 0 bridgehead atoms. The zero-order valence-electron chi connectivity index (χ0n) is 15.9. The number of nitrogens with zero attached hydrogens (tertiary/aromatic N) is 1. The summed E-state index contributed by atoms with van der Waals surface area (Å²) in [6.07, 6.45) is 8.84. The number of oxime groups is 1. The summed E-state index contributed by atoms with van der Waals surface area (Å²) in [5.41, 5.74) is 0.886. The van der Waals surface area contributed by atoms with Gasteiger partial charge in [-0.1, -0.05) is 24.9 Å². The van der Waals surface area contributed by atoms with Crippen LogP contribution in [0.25, 0.3) is 0 Å². The molecule has 5 fully saturated rings. The smallest absolute Gasteiger partial charge is 0.0991 e. The van der Waals surface area contributed by atoms with Crippen LogP contribution in [-0.4, -0.2) is 48.1 Å². The van der Waals surface area contributed by atoms with Crippen molar-refractivity contribution in [1.82, 2.24) is 0 Å². The number of rotatable bonds is 0. The zero-order chi connectivity index (χ0) is 17.9. The second-order valence-electron chi connectivity index (χ2n) is 9.83. The van der Waals surface area contributed by atoms with Crippen LogP contribution >= 0.6 is 0 Å². The van der Waals surface area contributed by atoms with Crippen molar-refractivity contribution in [2.75, 3.05) is 19.8 Å². The van der Waals surface area contributed by atoms with Crippen LogP contribution in [0.3, 0.4) is 0 Å². The number of hydrogen-bond acceptors (Lipinski definition) is 5. The molecule has 8 atom stereocenters. The fraction of sp³-hybridized carbons (Fsp3) is 0.952. The third-order valence-corrected chi connectivity index (χ3v) is 9.13. The molecule has 4 saturated carbocycles. The fourth-order valence-corrected chi connectivity index (χ4v) is 8.03. The average molecular weight is 363 g/mol. The van der Waals surface area contributed by atoms with Gasteiger partial charge in [0.2, 0.25) is 0 Å². The van der Waals surface area contributed by atoms with Gasteiger partial charge >= 0.3 is 0 Å². The molecule has 4 aliphatic carbocycles. The normalized spacial score (nSPS) is 55.4. The maximum absolute atomic E-state index is 11.3. The number of hydrogen-bond donors (Lipinski definition) is 2. The fourth-order valence-electron chi connectivity index (χ4n) is 8.03.